The second-order valence-corrected chi connectivity index (χ2v) is 7.83. The molecule has 148 valence electrons. The number of fused-ring (bicyclic) bond motifs is 1. The lowest BCUT2D eigenvalue weighted by Gasteiger charge is -2.20. The van der Waals surface area contributed by atoms with Gasteiger partial charge in [-0.25, -0.2) is 0 Å². The Morgan fingerprint density at radius 2 is 1.79 bits per heavy atom. The fourth-order valence-electron chi connectivity index (χ4n) is 3.61. The highest BCUT2D eigenvalue weighted by Crippen LogP contribution is 2.30. The van der Waals surface area contributed by atoms with Gasteiger partial charge in [-0.1, -0.05) is 28.1 Å². The van der Waals surface area contributed by atoms with E-state index in [0.717, 1.165) is 11.3 Å². The summed E-state index contributed by atoms with van der Waals surface area (Å²) in [6.07, 6.45) is 1.25. The molecule has 29 heavy (non-hydrogen) atoms. The number of imide groups is 1. The van der Waals surface area contributed by atoms with E-state index in [1.807, 2.05) is 6.07 Å². The first-order valence-corrected chi connectivity index (χ1v) is 10.1. The first kappa shape index (κ1) is 19.3. The topological polar surface area (TPSA) is 86.8 Å². The van der Waals surface area contributed by atoms with Crippen molar-refractivity contribution in [2.24, 2.45) is 0 Å². The van der Waals surface area contributed by atoms with E-state index < -0.39 is 11.8 Å². The van der Waals surface area contributed by atoms with Crippen molar-refractivity contribution in [1.29, 1.82) is 0 Å². The Hall–Kier alpha value is -3.00. The van der Waals surface area contributed by atoms with Gasteiger partial charge >= 0.3 is 0 Å². The molecule has 1 saturated heterocycles. The van der Waals surface area contributed by atoms with Crippen molar-refractivity contribution >= 4 is 50.9 Å². The normalized spacial score (nSPS) is 15.8. The second-order valence-electron chi connectivity index (χ2n) is 6.92. The van der Waals surface area contributed by atoms with Crippen LogP contribution in [0, 0.1) is 0 Å². The van der Waals surface area contributed by atoms with Crippen molar-refractivity contribution in [2.45, 2.75) is 19.3 Å². The van der Waals surface area contributed by atoms with Gasteiger partial charge in [-0.2, -0.15) is 0 Å². The highest BCUT2D eigenvalue weighted by Gasteiger charge is 2.35. The number of benzene rings is 2. The summed E-state index contributed by atoms with van der Waals surface area (Å²) in [6, 6.07) is 12.0. The van der Waals surface area contributed by atoms with E-state index in [9.17, 15) is 19.2 Å². The molecule has 1 fully saturated rings. The molecular weight excluding hydrogens is 438 g/mol. The van der Waals surface area contributed by atoms with Crippen LogP contribution >= 0.6 is 15.9 Å². The Morgan fingerprint density at radius 3 is 2.55 bits per heavy atom. The van der Waals surface area contributed by atoms with Gasteiger partial charge < -0.3 is 10.2 Å². The molecule has 1 N–H and O–H groups in total. The molecule has 2 aliphatic heterocycles. The monoisotopic (exact) mass is 455 g/mol. The van der Waals surface area contributed by atoms with Crippen LogP contribution < -0.4 is 10.2 Å². The number of anilines is 2. The summed E-state index contributed by atoms with van der Waals surface area (Å²) in [5, 5.41) is 2.80. The number of hydrogen-bond acceptors (Lipinski definition) is 4. The van der Waals surface area contributed by atoms with Crippen molar-refractivity contribution in [1.82, 2.24) is 4.90 Å². The van der Waals surface area contributed by atoms with Crippen LogP contribution in [-0.4, -0.2) is 41.6 Å². The smallest absolute Gasteiger partial charge is 0.261 e. The zero-order chi connectivity index (χ0) is 20.5. The molecule has 0 spiro atoms. The lowest BCUT2D eigenvalue weighted by atomic mass is 10.1. The van der Waals surface area contributed by atoms with Crippen molar-refractivity contribution in [3.8, 4) is 0 Å². The fourth-order valence-corrected chi connectivity index (χ4v) is 3.97. The van der Waals surface area contributed by atoms with Gasteiger partial charge in [-0.3, -0.25) is 24.1 Å². The standard InChI is InChI=1S/C21H18BrN3O4/c22-13-7-8-14-15(12-13)21(29)25(20(14)28)11-9-18(26)23-16-4-1-2-5-17(16)24-10-3-6-19(24)27/h1-2,4-5,7-8,12H,3,6,9-11H2,(H,23,26). The average Bonchev–Trinajstić information content (AvgIpc) is 3.22. The Bertz CT molecular complexity index is 1040. The van der Waals surface area contributed by atoms with Crippen LogP contribution in [0.15, 0.2) is 46.9 Å². The predicted molar refractivity (Wildman–Crippen MR) is 111 cm³/mol. The number of nitrogens with one attached hydrogen (secondary N) is 1. The molecule has 2 heterocycles. The predicted octanol–water partition coefficient (Wildman–Crippen LogP) is 3.20. The number of nitrogens with zero attached hydrogens (tertiary/aromatic N) is 2. The molecule has 0 aliphatic carbocycles. The minimum atomic E-state index is -0.401. The third-order valence-corrected chi connectivity index (χ3v) is 5.53. The Morgan fingerprint density at radius 1 is 1.03 bits per heavy atom. The van der Waals surface area contributed by atoms with Crippen LogP contribution in [0.1, 0.15) is 40.0 Å². The number of hydrogen-bond donors (Lipinski definition) is 1. The molecule has 0 bridgehead atoms. The number of rotatable bonds is 5. The van der Waals surface area contributed by atoms with E-state index >= 15 is 0 Å². The van der Waals surface area contributed by atoms with E-state index in [4.69, 9.17) is 0 Å². The summed E-state index contributed by atoms with van der Waals surface area (Å²) < 4.78 is 0.713. The largest absolute Gasteiger partial charge is 0.324 e. The molecule has 0 radical (unpaired) electrons. The third-order valence-electron chi connectivity index (χ3n) is 5.04. The van der Waals surface area contributed by atoms with Gasteiger partial charge in [0.15, 0.2) is 0 Å². The molecule has 2 aliphatic rings. The van der Waals surface area contributed by atoms with Crippen LogP contribution in [0.4, 0.5) is 11.4 Å². The van der Waals surface area contributed by atoms with E-state index in [-0.39, 0.29) is 24.8 Å². The van der Waals surface area contributed by atoms with E-state index in [2.05, 4.69) is 21.2 Å². The summed E-state index contributed by atoms with van der Waals surface area (Å²) in [4.78, 5) is 52.3. The summed E-state index contributed by atoms with van der Waals surface area (Å²) >= 11 is 3.30. The molecule has 2 aromatic carbocycles. The van der Waals surface area contributed by atoms with Crippen molar-refractivity contribution in [2.75, 3.05) is 23.3 Å². The van der Waals surface area contributed by atoms with Gasteiger partial charge in [0, 0.05) is 30.4 Å². The molecule has 4 amide bonds. The molecule has 0 unspecified atom stereocenters. The van der Waals surface area contributed by atoms with E-state index in [1.165, 1.54) is 0 Å². The van der Waals surface area contributed by atoms with E-state index in [0.29, 0.717) is 39.9 Å². The zero-order valence-electron chi connectivity index (χ0n) is 15.5. The van der Waals surface area contributed by atoms with Gasteiger partial charge in [0.1, 0.15) is 0 Å². The SMILES string of the molecule is O=C(CCN1C(=O)c2ccc(Br)cc2C1=O)Nc1ccccc1N1CCCC1=O. The summed E-state index contributed by atoms with van der Waals surface area (Å²) in [5.74, 6) is -1.10. The highest BCUT2D eigenvalue weighted by molar-refractivity contribution is 9.10. The Kier molecular flexibility index (Phi) is 5.19. The second kappa shape index (κ2) is 7.79. The van der Waals surface area contributed by atoms with Crippen LogP contribution in [0.2, 0.25) is 0 Å². The maximum atomic E-state index is 12.5. The summed E-state index contributed by atoms with van der Waals surface area (Å²) in [7, 11) is 0. The van der Waals surface area contributed by atoms with E-state index in [1.54, 1.807) is 41.3 Å². The number of para-hydroxylation sites is 2. The molecule has 8 heteroatoms. The minimum Gasteiger partial charge on any atom is -0.324 e. The van der Waals surface area contributed by atoms with Crippen molar-refractivity contribution in [3.05, 3.63) is 58.1 Å². The summed E-state index contributed by atoms with van der Waals surface area (Å²) in [5.41, 5.74) is 1.88. The van der Waals surface area contributed by atoms with Crippen LogP contribution in [0.5, 0.6) is 0 Å². The number of carbonyl (C=O) groups excluding carboxylic acids is 4. The Labute approximate surface area is 175 Å². The van der Waals surface area contributed by atoms with Gasteiger partial charge in [-0.15, -0.1) is 0 Å². The first-order chi connectivity index (χ1) is 14.0. The van der Waals surface area contributed by atoms with Gasteiger partial charge in [0.05, 0.1) is 22.5 Å². The first-order valence-electron chi connectivity index (χ1n) is 9.30. The maximum Gasteiger partial charge on any atom is 0.261 e. The third kappa shape index (κ3) is 3.67. The molecule has 2 aromatic rings. The fraction of sp³-hybridized carbons (Fsp3) is 0.238. The highest BCUT2D eigenvalue weighted by atomic mass is 79.9. The maximum absolute atomic E-state index is 12.5. The molecule has 4 rings (SSSR count). The molecule has 7 nitrogen and oxygen atoms in total. The number of amides is 4. The van der Waals surface area contributed by atoms with Gasteiger partial charge in [-0.05, 0) is 36.8 Å². The lowest BCUT2D eigenvalue weighted by Crippen LogP contribution is -2.33. The average molecular weight is 456 g/mol. The lowest BCUT2D eigenvalue weighted by molar-refractivity contribution is -0.117. The van der Waals surface area contributed by atoms with Crippen LogP contribution in [0.3, 0.4) is 0 Å². The van der Waals surface area contributed by atoms with Crippen molar-refractivity contribution in [3.63, 3.8) is 0 Å². The van der Waals surface area contributed by atoms with Crippen LogP contribution in [0.25, 0.3) is 0 Å². The number of halogens is 1. The summed E-state index contributed by atoms with van der Waals surface area (Å²) in [6.45, 7) is 0.608. The van der Waals surface area contributed by atoms with Crippen molar-refractivity contribution < 1.29 is 19.2 Å². The molecule has 0 saturated carbocycles. The minimum absolute atomic E-state index is 0.0133. The number of carbonyl (C=O) groups is 4. The molecule has 0 aromatic heterocycles. The van der Waals surface area contributed by atoms with Gasteiger partial charge in [0.2, 0.25) is 11.8 Å². The van der Waals surface area contributed by atoms with Gasteiger partial charge in [0.25, 0.3) is 11.8 Å². The molecular formula is C21H18BrN3O4. The van der Waals surface area contributed by atoms with Crippen LogP contribution in [-0.2, 0) is 9.59 Å². The quantitative estimate of drug-likeness (QED) is 0.701. The zero-order valence-corrected chi connectivity index (χ0v) is 17.1. The molecule has 0 atom stereocenters. The Balaban J connectivity index is 1.42.